The van der Waals surface area contributed by atoms with Crippen LogP contribution in [0.15, 0.2) is 52.3 Å². The molecule has 4 heterocycles. The molecule has 8 rings (SSSR count). The summed E-state index contributed by atoms with van der Waals surface area (Å²) in [5.41, 5.74) is 1.17. The number of ether oxygens (including phenoxy) is 1. The Bertz CT molecular complexity index is 1740. The van der Waals surface area contributed by atoms with Gasteiger partial charge >= 0.3 is 4.87 Å². The number of rotatable bonds is 5. The normalized spacial score (nSPS) is 30.4. The number of aromatic amines is 1. The molecule has 3 aliphatic heterocycles. The maximum atomic E-state index is 14.0. The molecule has 0 radical (unpaired) electrons. The summed E-state index contributed by atoms with van der Waals surface area (Å²) in [4.78, 5) is 60.2. The molecule has 2 aromatic carbocycles. The number of carbonyl (C=O) groups is 3. The Morgan fingerprint density at radius 1 is 1.00 bits per heavy atom. The molecule has 0 spiro atoms. The Balaban J connectivity index is 1.16. The zero-order valence-electron chi connectivity index (χ0n) is 23.5. The van der Waals surface area contributed by atoms with Gasteiger partial charge in [0.05, 0.1) is 22.5 Å². The van der Waals surface area contributed by atoms with E-state index in [1.807, 2.05) is 11.0 Å². The highest BCUT2D eigenvalue weighted by molar-refractivity contribution is 8.00. The number of anilines is 1. The molecule has 44 heavy (non-hydrogen) atoms. The number of likely N-dealkylation sites (tertiary alicyclic amines) is 1. The minimum absolute atomic E-state index is 0.0178. The van der Waals surface area contributed by atoms with E-state index in [2.05, 4.69) is 4.98 Å². The van der Waals surface area contributed by atoms with E-state index in [0.29, 0.717) is 16.5 Å². The van der Waals surface area contributed by atoms with Crippen molar-refractivity contribution in [1.29, 1.82) is 0 Å². The predicted octanol–water partition coefficient (Wildman–Crippen LogP) is 5.30. The molecule has 3 aromatic rings. The number of nitrogens with one attached hydrogen (secondary N) is 1. The standard InChI is InChI=1S/C32H29ClFN3O5S2/c33-15-4-9-21(42-14-22(38)36-10-2-1-3-11-36)18(12-15)23-24-19-13-20(27(24)43-29-28(23)44-32(41)35-29)26-25(19)30(39)37(31(26)40)17-7-5-16(34)6-8-17/h4-9,12,19-20,23-27H,1-3,10-11,13-14H2,(H,35,41)/t19?,20?,23-,24?,25?,26?,27?/m1/s1. The van der Waals surface area contributed by atoms with Crippen LogP contribution in [0.1, 0.15) is 42.0 Å². The fraction of sp³-hybridized carbons (Fsp3) is 0.438. The third kappa shape index (κ3) is 4.37. The number of amides is 3. The van der Waals surface area contributed by atoms with Crippen LogP contribution in [0.5, 0.6) is 5.75 Å². The number of fused-ring (bicyclic) bond motifs is 9. The van der Waals surface area contributed by atoms with Gasteiger partial charge in [0.1, 0.15) is 11.6 Å². The summed E-state index contributed by atoms with van der Waals surface area (Å²) in [5.74, 6) is -1.95. The molecule has 5 aliphatic rings. The Hall–Kier alpha value is -3.15. The number of benzene rings is 2. The van der Waals surface area contributed by atoms with Crippen LogP contribution >= 0.6 is 34.7 Å². The summed E-state index contributed by atoms with van der Waals surface area (Å²) in [5, 5.41) is 1.26. The Morgan fingerprint density at radius 3 is 2.48 bits per heavy atom. The van der Waals surface area contributed by atoms with Crippen molar-refractivity contribution in [3.05, 3.63) is 73.4 Å². The molecule has 2 bridgehead atoms. The largest absolute Gasteiger partial charge is 0.483 e. The fourth-order valence-electron chi connectivity index (χ4n) is 8.48. The highest BCUT2D eigenvalue weighted by Gasteiger charge is 2.69. The summed E-state index contributed by atoms with van der Waals surface area (Å²) in [6, 6.07) is 10.8. The molecular weight excluding hydrogens is 625 g/mol. The number of nitrogens with zero attached hydrogens (tertiary/aromatic N) is 2. The van der Waals surface area contributed by atoms with E-state index in [0.717, 1.165) is 65.6 Å². The summed E-state index contributed by atoms with van der Waals surface area (Å²) >= 11 is 9.32. The lowest BCUT2D eigenvalue weighted by Gasteiger charge is -2.43. The minimum Gasteiger partial charge on any atom is -0.483 e. The molecule has 1 N–H and O–H groups in total. The molecule has 228 valence electrons. The second-order valence-electron chi connectivity index (χ2n) is 12.4. The van der Waals surface area contributed by atoms with Crippen LogP contribution in [0.4, 0.5) is 10.1 Å². The highest BCUT2D eigenvalue weighted by atomic mass is 35.5. The van der Waals surface area contributed by atoms with Gasteiger partial charge in [-0.1, -0.05) is 22.9 Å². The van der Waals surface area contributed by atoms with Crippen LogP contribution < -0.4 is 14.5 Å². The minimum atomic E-state index is -0.497. The number of halogens is 2. The lowest BCUT2D eigenvalue weighted by atomic mass is 9.68. The molecule has 8 nitrogen and oxygen atoms in total. The number of imide groups is 1. The number of carbonyl (C=O) groups excluding carboxylic acids is 3. The van der Waals surface area contributed by atoms with Crippen molar-refractivity contribution in [2.24, 2.45) is 29.6 Å². The highest BCUT2D eigenvalue weighted by Crippen LogP contribution is 2.69. The van der Waals surface area contributed by atoms with E-state index >= 15 is 0 Å². The second-order valence-corrected chi connectivity index (χ2v) is 15.0. The Morgan fingerprint density at radius 2 is 1.73 bits per heavy atom. The molecule has 12 heteroatoms. The van der Waals surface area contributed by atoms with E-state index in [4.69, 9.17) is 16.3 Å². The number of piperidine rings is 1. The lowest BCUT2D eigenvalue weighted by Crippen LogP contribution is -2.43. The van der Waals surface area contributed by atoms with Gasteiger partial charge in [-0.3, -0.25) is 24.1 Å². The number of aromatic nitrogens is 1. The van der Waals surface area contributed by atoms with Crippen LogP contribution in [0, 0.1) is 35.4 Å². The number of thioether (sulfide) groups is 1. The maximum Gasteiger partial charge on any atom is 0.305 e. The molecule has 3 amide bonds. The molecular formula is C32H29ClFN3O5S2. The Kier molecular flexibility index (Phi) is 6.91. The number of hydrogen-bond donors (Lipinski definition) is 1. The average Bonchev–Trinajstić information content (AvgIpc) is 3.76. The van der Waals surface area contributed by atoms with Crippen LogP contribution in [0.3, 0.4) is 0 Å². The van der Waals surface area contributed by atoms with Crippen molar-refractivity contribution in [3.63, 3.8) is 0 Å². The maximum absolute atomic E-state index is 14.0. The van der Waals surface area contributed by atoms with Crippen LogP contribution in [-0.4, -0.2) is 52.6 Å². The SMILES string of the molecule is O=C(COc1ccc(Cl)cc1[C@H]1c2sc(=O)[nH]c2SC2C3CC(C4C(=O)N(c5ccc(F)cc5)C(=O)C34)C21)N1CCCCC1. The van der Waals surface area contributed by atoms with Gasteiger partial charge in [0, 0.05) is 39.7 Å². The van der Waals surface area contributed by atoms with E-state index in [9.17, 15) is 23.6 Å². The quantitative estimate of drug-likeness (QED) is 0.376. The smallest absolute Gasteiger partial charge is 0.305 e. The first-order valence-electron chi connectivity index (χ1n) is 15.0. The van der Waals surface area contributed by atoms with Gasteiger partial charge in [-0.15, -0.1) is 11.8 Å². The molecule has 1 aromatic heterocycles. The number of H-pyrrole nitrogens is 1. The van der Waals surface area contributed by atoms with Crippen LogP contribution in [0.2, 0.25) is 5.02 Å². The summed E-state index contributed by atoms with van der Waals surface area (Å²) in [7, 11) is 0. The second kappa shape index (κ2) is 10.7. The van der Waals surface area contributed by atoms with E-state index in [1.165, 1.54) is 29.2 Å². The predicted molar refractivity (Wildman–Crippen MR) is 165 cm³/mol. The van der Waals surface area contributed by atoms with Gasteiger partial charge in [-0.25, -0.2) is 4.39 Å². The van der Waals surface area contributed by atoms with Crippen molar-refractivity contribution in [2.75, 3.05) is 24.6 Å². The van der Waals surface area contributed by atoms with Crippen molar-refractivity contribution >= 4 is 58.1 Å². The lowest BCUT2D eigenvalue weighted by molar-refractivity contribution is -0.134. The van der Waals surface area contributed by atoms with E-state index in [1.54, 1.807) is 23.9 Å². The van der Waals surface area contributed by atoms with Gasteiger partial charge < -0.3 is 14.6 Å². The molecule has 6 unspecified atom stereocenters. The molecule has 4 fully saturated rings. The molecule has 2 aliphatic carbocycles. The van der Waals surface area contributed by atoms with Crippen molar-refractivity contribution in [2.45, 2.75) is 41.9 Å². The van der Waals surface area contributed by atoms with Gasteiger partial charge in [-0.2, -0.15) is 0 Å². The van der Waals surface area contributed by atoms with Gasteiger partial charge in [0.15, 0.2) is 6.61 Å². The summed E-state index contributed by atoms with van der Waals surface area (Å²) < 4.78 is 19.9. The number of hydrogen-bond acceptors (Lipinski definition) is 7. The topological polar surface area (TPSA) is 99.8 Å². The van der Waals surface area contributed by atoms with Gasteiger partial charge in [0.2, 0.25) is 11.8 Å². The fourth-order valence-corrected chi connectivity index (χ4v) is 11.5. The molecule has 2 saturated heterocycles. The first-order chi connectivity index (χ1) is 21.3. The van der Waals surface area contributed by atoms with E-state index in [-0.39, 0.29) is 58.1 Å². The summed E-state index contributed by atoms with van der Waals surface area (Å²) in [6.45, 7) is 1.36. The first kappa shape index (κ1) is 28.3. The zero-order valence-corrected chi connectivity index (χ0v) is 25.9. The monoisotopic (exact) mass is 653 g/mol. The third-order valence-corrected chi connectivity index (χ3v) is 13.0. The molecule has 7 atom stereocenters. The summed E-state index contributed by atoms with van der Waals surface area (Å²) in [6.07, 6.45) is 3.82. The number of thiazole rings is 1. The van der Waals surface area contributed by atoms with Crippen molar-refractivity contribution in [3.8, 4) is 5.75 Å². The van der Waals surface area contributed by atoms with Gasteiger partial charge in [0.25, 0.3) is 5.91 Å². The molecule has 2 saturated carbocycles. The van der Waals surface area contributed by atoms with Crippen LogP contribution in [0.25, 0.3) is 0 Å². The van der Waals surface area contributed by atoms with Gasteiger partial charge in [-0.05, 0) is 85.9 Å². The average molecular weight is 654 g/mol. The van der Waals surface area contributed by atoms with Crippen LogP contribution in [-0.2, 0) is 14.4 Å². The van der Waals surface area contributed by atoms with E-state index < -0.39 is 17.7 Å². The third-order valence-electron chi connectivity index (χ3n) is 10.2. The Labute approximate surface area is 265 Å². The van der Waals surface area contributed by atoms with Crippen molar-refractivity contribution in [1.82, 2.24) is 9.88 Å². The van der Waals surface area contributed by atoms with Crippen molar-refractivity contribution < 1.29 is 23.5 Å². The first-order valence-corrected chi connectivity index (χ1v) is 17.1. The zero-order chi connectivity index (χ0) is 30.3.